The summed E-state index contributed by atoms with van der Waals surface area (Å²) >= 11 is 5.95. The second-order valence-electron chi connectivity index (χ2n) is 4.37. The molecule has 0 spiro atoms. The van der Waals surface area contributed by atoms with Crippen molar-refractivity contribution in [3.63, 3.8) is 0 Å². The molecule has 18 heavy (non-hydrogen) atoms. The molecule has 1 unspecified atom stereocenters. The lowest BCUT2D eigenvalue weighted by atomic mass is 9.94. The Labute approximate surface area is 111 Å². The Hall–Kier alpha value is -1.58. The summed E-state index contributed by atoms with van der Waals surface area (Å²) in [5, 5.41) is 13.6. The van der Waals surface area contributed by atoms with Gasteiger partial charge in [-0.25, -0.2) is 0 Å². The van der Waals surface area contributed by atoms with E-state index in [1.807, 2.05) is 43.3 Å². The van der Waals surface area contributed by atoms with Gasteiger partial charge >= 0.3 is 0 Å². The van der Waals surface area contributed by atoms with Gasteiger partial charge in [0.05, 0.1) is 12.1 Å². The molecule has 2 N–H and O–H groups in total. The van der Waals surface area contributed by atoms with Crippen molar-refractivity contribution in [3.8, 4) is 0 Å². The van der Waals surface area contributed by atoms with E-state index in [9.17, 15) is 5.11 Å². The Morgan fingerprint density at radius 1 is 1.33 bits per heavy atom. The van der Waals surface area contributed by atoms with Gasteiger partial charge in [0.15, 0.2) is 0 Å². The standard InChI is InChI=1S/C14H15ClN2O/c1-14(10-18,11-4-3-7-16-9-11)17-13-6-2-5-12(15)8-13/h2-9,17-18H,10H2,1H3. The first-order chi connectivity index (χ1) is 8.64. The molecule has 94 valence electrons. The zero-order valence-electron chi connectivity index (χ0n) is 10.1. The molecule has 0 radical (unpaired) electrons. The molecule has 0 aliphatic heterocycles. The maximum absolute atomic E-state index is 9.65. The molecule has 1 aromatic heterocycles. The maximum Gasteiger partial charge on any atom is 0.0843 e. The Morgan fingerprint density at radius 3 is 2.78 bits per heavy atom. The van der Waals surface area contributed by atoms with Crippen molar-refractivity contribution in [2.24, 2.45) is 0 Å². The Bertz CT molecular complexity index is 518. The number of hydrogen-bond acceptors (Lipinski definition) is 3. The highest BCUT2D eigenvalue weighted by Crippen LogP contribution is 2.26. The predicted octanol–water partition coefficient (Wildman–Crippen LogP) is 3.05. The van der Waals surface area contributed by atoms with Gasteiger partial charge in [-0.1, -0.05) is 23.7 Å². The number of halogens is 1. The molecule has 1 heterocycles. The number of aliphatic hydroxyl groups is 1. The van der Waals surface area contributed by atoms with Crippen molar-refractivity contribution in [2.45, 2.75) is 12.5 Å². The topological polar surface area (TPSA) is 45.1 Å². The average Bonchev–Trinajstić information content (AvgIpc) is 2.39. The second-order valence-corrected chi connectivity index (χ2v) is 4.80. The van der Waals surface area contributed by atoms with E-state index in [0.717, 1.165) is 11.3 Å². The van der Waals surface area contributed by atoms with E-state index < -0.39 is 5.54 Å². The third-order valence-electron chi connectivity index (χ3n) is 2.86. The van der Waals surface area contributed by atoms with Crippen LogP contribution in [0.1, 0.15) is 12.5 Å². The highest BCUT2D eigenvalue weighted by atomic mass is 35.5. The minimum absolute atomic E-state index is 0.0365. The van der Waals surface area contributed by atoms with Gasteiger partial charge in [-0.3, -0.25) is 4.98 Å². The molecule has 4 heteroatoms. The summed E-state index contributed by atoms with van der Waals surface area (Å²) < 4.78 is 0. The fourth-order valence-corrected chi connectivity index (χ4v) is 1.97. The van der Waals surface area contributed by atoms with Crippen LogP contribution in [-0.4, -0.2) is 16.7 Å². The number of aromatic nitrogens is 1. The van der Waals surface area contributed by atoms with Crippen LogP contribution in [0.25, 0.3) is 0 Å². The zero-order chi connectivity index (χ0) is 13.0. The number of pyridine rings is 1. The van der Waals surface area contributed by atoms with Crippen LogP contribution in [0.15, 0.2) is 48.8 Å². The van der Waals surface area contributed by atoms with Crippen LogP contribution in [0.2, 0.25) is 5.02 Å². The first kappa shape index (κ1) is 12.9. The molecule has 1 atom stereocenters. The van der Waals surface area contributed by atoms with Crippen molar-refractivity contribution < 1.29 is 5.11 Å². The molecule has 0 saturated heterocycles. The van der Waals surface area contributed by atoms with Crippen LogP contribution in [0.4, 0.5) is 5.69 Å². The van der Waals surface area contributed by atoms with Crippen LogP contribution in [-0.2, 0) is 5.54 Å². The summed E-state index contributed by atoms with van der Waals surface area (Å²) in [6.07, 6.45) is 3.45. The summed E-state index contributed by atoms with van der Waals surface area (Å²) in [6.45, 7) is 1.89. The summed E-state index contributed by atoms with van der Waals surface area (Å²) in [7, 11) is 0. The average molecular weight is 263 g/mol. The van der Waals surface area contributed by atoms with E-state index in [4.69, 9.17) is 11.6 Å². The SMILES string of the molecule is CC(CO)(Nc1cccc(Cl)c1)c1cccnc1. The zero-order valence-corrected chi connectivity index (χ0v) is 10.9. The minimum Gasteiger partial charge on any atom is -0.394 e. The molecular formula is C14H15ClN2O. The number of benzene rings is 1. The number of hydrogen-bond donors (Lipinski definition) is 2. The van der Waals surface area contributed by atoms with Gasteiger partial charge in [0.2, 0.25) is 0 Å². The van der Waals surface area contributed by atoms with Crippen molar-refractivity contribution in [1.29, 1.82) is 0 Å². The van der Waals surface area contributed by atoms with Crippen molar-refractivity contribution in [3.05, 3.63) is 59.4 Å². The third-order valence-corrected chi connectivity index (χ3v) is 3.09. The van der Waals surface area contributed by atoms with Crippen LogP contribution < -0.4 is 5.32 Å². The molecule has 0 bridgehead atoms. The number of anilines is 1. The van der Waals surface area contributed by atoms with E-state index in [-0.39, 0.29) is 6.61 Å². The Kier molecular flexibility index (Phi) is 3.84. The molecule has 0 amide bonds. The molecule has 2 rings (SSSR count). The van der Waals surface area contributed by atoms with E-state index in [0.29, 0.717) is 5.02 Å². The normalized spacial score (nSPS) is 13.9. The molecule has 0 aliphatic carbocycles. The molecule has 3 nitrogen and oxygen atoms in total. The lowest BCUT2D eigenvalue weighted by Crippen LogP contribution is -2.35. The summed E-state index contributed by atoms with van der Waals surface area (Å²) in [5.74, 6) is 0. The fraction of sp³-hybridized carbons (Fsp3) is 0.214. The highest BCUT2D eigenvalue weighted by Gasteiger charge is 2.25. The number of rotatable bonds is 4. The lowest BCUT2D eigenvalue weighted by molar-refractivity contribution is 0.224. The first-order valence-electron chi connectivity index (χ1n) is 5.69. The second kappa shape index (κ2) is 5.38. The predicted molar refractivity (Wildman–Crippen MR) is 73.7 cm³/mol. The minimum atomic E-state index is -0.584. The molecule has 2 aromatic rings. The molecule has 0 aliphatic rings. The molecule has 1 aromatic carbocycles. The number of nitrogens with one attached hydrogen (secondary N) is 1. The largest absolute Gasteiger partial charge is 0.394 e. The monoisotopic (exact) mass is 262 g/mol. The molecule has 0 fully saturated rings. The summed E-state index contributed by atoms with van der Waals surface area (Å²) in [4.78, 5) is 4.08. The van der Waals surface area contributed by atoms with Gasteiger partial charge < -0.3 is 10.4 Å². The highest BCUT2D eigenvalue weighted by molar-refractivity contribution is 6.30. The van der Waals surface area contributed by atoms with Gasteiger partial charge in [0, 0.05) is 23.1 Å². The van der Waals surface area contributed by atoms with Crippen molar-refractivity contribution >= 4 is 17.3 Å². The quantitative estimate of drug-likeness (QED) is 0.890. The Morgan fingerprint density at radius 2 is 2.17 bits per heavy atom. The first-order valence-corrected chi connectivity index (χ1v) is 6.07. The van der Waals surface area contributed by atoms with Crippen LogP contribution >= 0.6 is 11.6 Å². The van der Waals surface area contributed by atoms with Crippen LogP contribution in [0, 0.1) is 0 Å². The maximum atomic E-state index is 9.65. The lowest BCUT2D eigenvalue weighted by Gasteiger charge is -2.30. The van der Waals surface area contributed by atoms with Gasteiger partial charge in [-0.15, -0.1) is 0 Å². The number of aliphatic hydroxyl groups excluding tert-OH is 1. The molecule has 0 saturated carbocycles. The van der Waals surface area contributed by atoms with E-state index in [1.165, 1.54) is 0 Å². The summed E-state index contributed by atoms with van der Waals surface area (Å²) in [5.41, 5.74) is 1.20. The van der Waals surface area contributed by atoms with Crippen LogP contribution in [0.5, 0.6) is 0 Å². The smallest absolute Gasteiger partial charge is 0.0843 e. The van der Waals surface area contributed by atoms with Crippen molar-refractivity contribution in [1.82, 2.24) is 4.98 Å². The van der Waals surface area contributed by atoms with Gasteiger partial charge in [0.1, 0.15) is 0 Å². The van der Waals surface area contributed by atoms with E-state index in [2.05, 4.69) is 10.3 Å². The Balaban J connectivity index is 2.29. The fourth-order valence-electron chi connectivity index (χ4n) is 1.78. The van der Waals surface area contributed by atoms with Gasteiger partial charge in [-0.05, 0) is 36.8 Å². The van der Waals surface area contributed by atoms with Crippen LogP contribution in [0.3, 0.4) is 0 Å². The van der Waals surface area contributed by atoms with Crippen molar-refractivity contribution in [2.75, 3.05) is 11.9 Å². The summed E-state index contributed by atoms with van der Waals surface area (Å²) in [6, 6.07) is 11.2. The third kappa shape index (κ3) is 2.81. The van der Waals surface area contributed by atoms with E-state index >= 15 is 0 Å². The molecular weight excluding hydrogens is 248 g/mol. The number of nitrogens with zero attached hydrogens (tertiary/aromatic N) is 1. The van der Waals surface area contributed by atoms with E-state index in [1.54, 1.807) is 12.4 Å². The van der Waals surface area contributed by atoms with Gasteiger partial charge in [-0.2, -0.15) is 0 Å². The van der Waals surface area contributed by atoms with Gasteiger partial charge in [0.25, 0.3) is 0 Å².